The molecule has 122 valence electrons. The van der Waals surface area contributed by atoms with Gasteiger partial charge in [0.1, 0.15) is 11.3 Å². The summed E-state index contributed by atoms with van der Waals surface area (Å²) in [6.45, 7) is 2.02. The SMILES string of the molecule is Cc1ccc2nc(-c3cccc(N=Cc4ccccc4O)c3)oc2c1. The van der Waals surface area contributed by atoms with E-state index in [9.17, 15) is 5.11 Å². The molecule has 0 unspecified atom stereocenters. The first-order chi connectivity index (χ1) is 12.2. The fourth-order valence-corrected chi connectivity index (χ4v) is 2.62. The quantitative estimate of drug-likeness (QED) is 0.522. The molecule has 1 N–H and O–H groups in total. The van der Waals surface area contributed by atoms with Crippen LogP contribution < -0.4 is 0 Å². The van der Waals surface area contributed by atoms with E-state index in [0.29, 0.717) is 11.5 Å². The van der Waals surface area contributed by atoms with Crippen LogP contribution in [0.1, 0.15) is 11.1 Å². The van der Waals surface area contributed by atoms with Crippen molar-refractivity contribution >= 4 is 23.0 Å². The van der Waals surface area contributed by atoms with Crippen LogP contribution in [0.15, 0.2) is 76.1 Å². The summed E-state index contributed by atoms with van der Waals surface area (Å²) in [4.78, 5) is 8.98. The first kappa shape index (κ1) is 15.1. The van der Waals surface area contributed by atoms with Crippen molar-refractivity contribution in [3.05, 3.63) is 77.9 Å². The summed E-state index contributed by atoms with van der Waals surface area (Å²) in [6, 6.07) is 20.7. The minimum absolute atomic E-state index is 0.205. The Balaban J connectivity index is 1.67. The fourth-order valence-electron chi connectivity index (χ4n) is 2.62. The smallest absolute Gasteiger partial charge is 0.227 e. The van der Waals surface area contributed by atoms with Crippen molar-refractivity contribution in [3.8, 4) is 17.2 Å². The molecular weight excluding hydrogens is 312 g/mol. The second-order valence-corrected chi connectivity index (χ2v) is 5.86. The Labute approximate surface area is 145 Å². The van der Waals surface area contributed by atoms with Crippen LogP contribution in [0.25, 0.3) is 22.6 Å². The normalized spacial score (nSPS) is 11.4. The summed E-state index contributed by atoms with van der Waals surface area (Å²) in [5, 5.41) is 9.81. The zero-order chi connectivity index (χ0) is 17.2. The number of benzene rings is 3. The minimum atomic E-state index is 0.205. The van der Waals surface area contributed by atoms with Crippen LogP contribution >= 0.6 is 0 Å². The van der Waals surface area contributed by atoms with E-state index >= 15 is 0 Å². The molecule has 4 rings (SSSR count). The van der Waals surface area contributed by atoms with Gasteiger partial charge in [0.2, 0.25) is 5.89 Å². The van der Waals surface area contributed by atoms with Crippen LogP contribution in [0.2, 0.25) is 0 Å². The van der Waals surface area contributed by atoms with E-state index in [0.717, 1.165) is 27.9 Å². The first-order valence-corrected chi connectivity index (χ1v) is 7.99. The highest BCUT2D eigenvalue weighted by Gasteiger charge is 2.08. The maximum absolute atomic E-state index is 9.81. The molecule has 0 bridgehead atoms. The Morgan fingerprint density at radius 2 is 1.88 bits per heavy atom. The van der Waals surface area contributed by atoms with Gasteiger partial charge in [-0.15, -0.1) is 0 Å². The second-order valence-electron chi connectivity index (χ2n) is 5.86. The number of aryl methyl sites for hydroxylation is 1. The van der Waals surface area contributed by atoms with Gasteiger partial charge in [-0.25, -0.2) is 4.98 Å². The molecule has 0 aliphatic heterocycles. The number of fused-ring (bicyclic) bond motifs is 1. The van der Waals surface area contributed by atoms with Crippen LogP contribution in [0, 0.1) is 6.92 Å². The van der Waals surface area contributed by atoms with Crippen molar-refractivity contribution in [1.29, 1.82) is 0 Å². The van der Waals surface area contributed by atoms with Crippen LogP contribution in [0.5, 0.6) is 5.75 Å². The van der Waals surface area contributed by atoms with Crippen LogP contribution in [0.4, 0.5) is 5.69 Å². The fraction of sp³-hybridized carbons (Fsp3) is 0.0476. The number of phenolic OH excluding ortho intramolecular Hbond substituents is 1. The van der Waals surface area contributed by atoms with Crippen molar-refractivity contribution in [2.24, 2.45) is 4.99 Å². The Kier molecular flexibility index (Phi) is 3.78. The molecule has 4 heteroatoms. The number of oxazole rings is 1. The Hall–Kier alpha value is -3.40. The number of hydrogen-bond acceptors (Lipinski definition) is 4. The highest BCUT2D eigenvalue weighted by molar-refractivity contribution is 5.85. The van der Waals surface area contributed by atoms with Crippen LogP contribution in [-0.4, -0.2) is 16.3 Å². The van der Waals surface area contributed by atoms with E-state index in [1.54, 1.807) is 18.3 Å². The van der Waals surface area contributed by atoms with Gasteiger partial charge in [-0.1, -0.05) is 24.3 Å². The predicted molar refractivity (Wildman–Crippen MR) is 99.5 cm³/mol. The molecule has 0 radical (unpaired) electrons. The van der Waals surface area contributed by atoms with Crippen molar-refractivity contribution in [3.63, 3.8) is 0 Å². The van der Waals surface area contributed by atoms with Gasteiger partial charge in [-0.3, -0.25) is 4.99 Å². The van der Waals surface area contributed by atoms with E-state index in [1.807, 2.05) is 61.5 Å². The largest absolute Gasteiger partial charge is 0.507 e. The van der Waals surface area contributed by atoms with Crippen molar-refractivity contribution in [1.82, 2.24) is 4.98 Å². The Bertz CT molecular complexity index is 1080. The number of aromatic hydroxyl groups is 1. The molecule has 0 fully saturated rings. The lowest BCUT2D eigenvalue weighted by molar-refractivity contribution is 0.474. The zero-order valence-corrected chi connectivity index (χ0v) is 13.7. The van der Waals surface area contributed by atoms with Crippen LogP contribution in [0.3, 0.4) is 0 Å². The molecule has 0 aliphatic carbocycles. The summed E-state index contributed by atoms with van der Waals surface area (Å²) in [7, 11) is 0. The molecule has 1 heterocycles. The average molecular weight is 328 g/mol. The summed E-state index contributed by atoms with van der Waals surface area (Å²) in [5.74, 6) is 0.775. The molecule has 3 aromatic carbocycles. The van der Waals surface area contributed by atoms with Crippen molar-refractivity contribution in [2.45, 2.75) is 6.92 Å². The molecule has 0 spiro atoms. The molecule has 25 heavy (non-hydrogen) atoms. The third-order valence-electron chi connectivity index (χ3n) is 3.93. The number of rotatable bonds is 3. The lowest BCUT2D eigenvalue weighted by Gasteiger charge is -1.99. The summed E-state index contributed by atoms with van der Waals surface area (Å²) in [5.41, 5.74) is 5.04. The monoisotopic (exact) mass is 328 g/mol. The number of para-hydroxylation sites is 1. The number of hydrogen-bond donors (Lipinski definition) is 1. The number of aromatic nitrogens is 1. The Morgan fingerprint density at radius 3 is 2.76 bits per heavy atom. The second kappa shape index (κ2) is 6.24. The van der Waals surface area contributed by atoms with Gasteiger partial charge >= 0.3 is 0 Å². The minimum Gasteiger partial charge on any atom is -0.507 e. The zero-order valence-electron chi connectivity index (χ0n) is 13.7. The van der Waals surface area contributed by atoms with Gasteiger partial charge in [-0.05, 0) is 55.0 Å². The molecule has 4 aromatic rings. The highest BCUT2D eigenvalue weighted by Crippen LogP contribution is 2.27. The third kappa shape index (κ3) is 3.15. The summed E-state index contributed by atoms with van der Waals surface area (Å²) >= 11 is 0. The molecular formula is C21H16N2O2. The first-order valence-electron chi connectivity index (χ1n) is 7.99. The highest BCUT2D eigenvalue weighted by atomic mass is 16.3. The van der Waals surface area contributed by atoms with Gasteiger partial charge in [0.15, 0.2) is 5.58 Å². The molecule has 0 saturated carbocycles. The summed E-state index contributed by atoms with van der Waals surface area (Å²) in [6.07, 6.45) is 1.64. The van der Waals surface area contributed by atoms with E-state index in [2.05, 4.69) is 9.98 Å². The Morgan fingerprint density at radius 1 is 1.00 bits per heavy atom. The van der Waals surface area contributed by atoms with Gasteiger partial charge in [0.25, 0.3) is 0 Å². The molecule has 0 aliphatic rings. The van der Waals surface area contributed by atoms with E-state index in [1.165, 1.54) is 0 Å². The maximum atomic E-state index is 9.81. The lowest BCUT2D eigenvalue weighted by atomic mass is 10.2. The topological polar surface area (TPSA) is 58.6 Å². The van der Waals surface area contributed by atoms with Crippen molar-refractivity contribution in [2.75, 3.05) is 0 Å². The number of aliphatic imine (C=N–C) groups is 1. The molecule has 4 nitrogen and oxygen atoms in total. The van der Waals surface area contributed by atoms with Crippen molar-refractivity contribution < 1.29 is 9.52 Å². The van der Waals surface area contributed by atoms with Gasteiger partial charge in [-0.2, -0.15) is 0 Å². The molecule has 0 atom stereocenters. The molecule has 0 amide bonds. The predicted octanol–water partition coefficient (Wildman–Crippen LogP) is 5.26. The third-order valence-corrected chi connectivity index (χ3v) is 3.93. The molecule has 0 saturated heterocycles. The standard InChI is InChI=1S/C21H16N2O2/c1-14-9-10-18-20(11-14)25-21(23-18)15-6-4-7-17(12-15)22-13-16-5-2-3-8-19(16)24/h2-13,24H,1H3. The van der Waals surface area contributed by atoms with Gasteiger partial charge in [0, 0.05) is 17.3 Å². The van der Waals surface area contributed by atoms with E-state index in [-0.39, 0.29) is 5.75 Å². The van der Waals surface area contributed by atoms with Gasteiger partial charge in [0.05, 0.1) is 5.69 Å². The maximum Gasteiger partial charge on any atom is 0.227 e. The van der Waals surface area contributed by atoms with Gasteiger partial charge < -0.3 is 9.52 Å². The number of nitrogens with zero attached hydrogens (tertiary/aromatic N) is 2. The van der Waals surface area contributed by atoms with E-state index in [4.69, 9.17) is 4.42 Å². The molecule has 1 aromatic heterocycles. The number of phenols is 1. The van der Waals surface area contributed by atoms with E-state index < -0.39 is 0 Å². The average Bonchev–Trinajstić information content (AvgIpc) is 3.04. The van der Waals surface area contributed by atoms with Crippen LogP contribution in [-0.2, 0) is 0 Å². The lowest BCUT2D eigenvalue weighted by Crippen LogP contribution is -1.81. The summed E-state index contributed by atoms with van der Waals surface area (Å²) < 4.78 is 5.87.